The van der Waals surface area contributed by atoms with Crippen molar-refractivity contribution in [2.24, 2.45) is 0 Å². The fourth-order valence-corrected chi connectivity index (χ4v) is 3.24. The topological polar surface area (TPSA) is 65.1 Å². The molecule has 1 saturated heterocycles. The number of amides is 1. The van der Waals surface area contributed by atoms with Crippen molar-refractivity contribution in [2.75, 3.05) is 19.7 Å². The summed E-state index contributed by atoms with van der Waals surface area (Å²) >= 11 is 5.85. The first kappa shape index (κ1) is 21.1. The maximum atomic E-state index is 12.3. The molecule has 2 aromatic carbocycles. The summed E-state index contributed by atoms with van der Waals surface area (Å²) in [5.74, 6) is -0.0330. The normalized spacial score (nSPS) is 18.9. The van der Waals surface area contributed by atoms with E-state index in [-0.39, 0.29) is 24.7 Å². The minimum absolute atomic E-state index is 0.0268. The molecule has 7 heteroatoms. The number of nitrogens with zero attached hydrogens (tertiary/aromatic N) is 1. The monoisotopic (exact) mass is 417 g/mol. The highest BCUT2D eigenvalue weighted by molar-refractivity contribution is 6.30. The number of ether oxygens (including phenoxy) is 3. The van der Waals surface area contributed by atoms with Crippen LogP contribution in [0.15, 0.2) is 48.5 Å². The lowest BCUT2D eigenvalue weighted by atomic mass is 10.1. The van der Waals surface area contributed by atoms with Crippen molar-refractivity contribution >= 4 is 23.5 Å². The Morgan fingerprint density at radius 2 is 1.66 bits per heavy atom. The molecular weight excluding hydrogens is 394 g/mol. The third-order valence-corrected chi connectivity index (χ3v) is 4.76. The van der Waals surface area contributed by atoms with E-state index in [1.807, 2.05) is 13.8 Å². The van der Waals surface area contributed by atoms with Crippen LogP contribution < -0.4 is 4.74 Å². The summed E-state index contributed by atoms with van der Waals surface area (Å²) in [6, 6.07) is 14.0. The molecule has 1 heterocycles. The third kappa shape index (κ3) is 6.21. The van der Waals surface area contributed by atoms with Crippen LogP contribution >= 0.6 is 11.6 Å². The first-order valence-electron chi connectivity index (χ1n) is 9.48. The zero-order chi connectivity index (χ0) is 20.8. The molecule has 0 N–H and O–H groups in total. The summed E-state index contributed by atoms with van der Waals surface area (Å²) < 4.78 is 16.5. The second-order valence-corrected chi connectivity index (χ2v) is 7.51. The predicted octanol–water partition coefficient (Wildman–Crippen LogP) is 3.71. The van der Waals surface area contributed by atoms with Gasteiger partial charge in [0.05, 0.1) is 17.8 Å². The van der Waals surface area contributed by atoms with Crippen LogP contribution in [0.25, 0.3) is 0 Å². The summed E-state index contributed by atoms with van der Waals surface area (Å²) in [4.78, 5) is 26.2. The molecule has 0 saturated carbocycles. The number of esters is 1. The number of halogens is 1. The Labute approximate surface area is 175 Å². The van der Waals surface area contributed by atoms with Crippen molar-refractivity contribution in [3.05, 3.63) is 64.7 Å². The fourth-order valence-electron chi connectivity index (χ4n) is 3.12. The van der Waals surface area contributed by atoms with Crippen molar-refractivity contribution < 1.29 is 23.8 Å². The Balaban J connectivity index is 1.47. The summed E-state index contributed by atoms with van der Waals surface area (Å²) in [6.45, 7) is 4.93. The highest BCUT2D eigenvalue weighted by Gasteiger charge is 2.26. The standard InChI is InChI=1S/C22H24ClNO5/c1-15-11-24(12-16(2)29-15)21(25)14-28-22(26)18-5-3-17(4-6-18)13-27-20-9-7-19(23)8-10-20/h3-10,15-16H,11-14H2,1-2H3/t15-,16-/m1/s1. The van der Waals surface area contributed by atoms with Crippen LogP contribution in [0.3, 0.4) is 0 Å². The van der Waals surface area contributed by atoms with Gasteiger partial charge in [-0.05, 0) is 55.8 Å². The highest BCUT2D eigenvalue weighted by Crippen LogP contribution is 2.17. The molecule has 0 aliphatic carbocycles. The van der Waals surface area contributed by atoms with E-state index in [0.717, 1.165) is 5.56 Å². The molecule has 0 bridgehead atoms. The van der Waals surface area contributed by atoms with Gasteiger partial charge in [-0.3, -0.25) is 4.79 Å². The average Bonchev–Trinajstić information content (AvgIpc) is 2.71. The van der Waals surface area contributed by atoms with E-state index in [4.69, 9.17) is 25.8 Å². The van der Waals surface area contributed by atoms with E-state index in [9.17, 15) is 9.59 Å². The molecule has 1 fully saturated rings. The fraction of sp³-hybridized carbons (Fsp3) is 0.364. The average molecular weight is 418 g/mol. The molecule has 3 rings (SSSR count). The molecule has 1 amide bonds. The van der Waals surface area contributed by atoms with Crippen LogP contribution in [-0.4, -0.2) is 48.7 Å². The van der Waals surface area contributed by atoms with Gasteiger partial charge < -0.3 is 19.1 Å². The first-order chi connectivity index (χ1) is 13.9. The van der Waals surface area contributed by atoms with Gasteiger partial charge in [0.1, 0.15) is 12.4 Å². The van der Waals surface area contributed by atoms with E-state index in [2.05, 4.69) is 0 Å². The predicted molar refractivity (Wildman–Crippen MR) is 109 cm³/mol. The van der Waals surface area contributed by atoms with Crippen LogP contribution in [-0.2, 0) is 20.9 Å². The van der Waals surface area contributed by atoms with E-state index in [1.165, 1.54) is 0 Å². The molecule has 0 aromatic heterocycles. The molecular formula is C22H24ClNO5. The zero-order valence-electron chi connectivity index (χ0n) is 16.5. The Morgan fingerprint density at radius 3 is 2.28 bits per heavy atom. The van der Waals surface area contributed by atoms with Crippen molar-refractivity contribution in [1.82, 2.24) is 4.90 Å². The molecule has 2 aromatic rings. The summed E-state index contributed by atoms with van der Waals surface area (Å²) in [5, 5.41) is 0.649. The van der Waals surface area contributed by atoms with E-state index in [1.54, 1.807) is 53.4 Å². The van der Waals surface area contributed by atoms with Crippen molar-refractivity contribution in [2.45, 2.75) is 32.7 Å². The van der Waals surface area contributed by atoms with Crippen LogP contribution in [0.4, 0.5) is 0 Å². The van der Waals surface area contributed by atoms with Crippen LogP contribution in [0.5, 0.6) is 5.75 Å². The van der Waals surface area contributed by atoms with E-state index < -0.39 is 5.97 Å². The molecule has 0 spiro atoms. The Kier molecular flexibility index (Phi) is 7.12. The molecule has 0 radical (unpaired) electrons. The zero-order valence-corrected chi connectivity index (χ0v) is 17.2. The van der Waals surface area contributed by atoms with Gasteiger partial charge >= 0.3 is 5.97 Å². The van der Waals surface area contributed by atoms with Gasteiger partial charge in [-0.1, -0.05) is 23.7 Å². The number of hydrogen-bond donors (Lipinski definition) is 0. The second-order valence-electron chi connectivity index (χ2n) is 7.07. The maximum Gasteiger partial charge on any atom is 0.338 e. The highest BCUT2D eigenvalue weighted by atomic mass is 35.5. The van der Waals surface area contributed by atoms with Crippen LogP contribution in [0.2, 0.25) is 5.02 Å². The Morgan fingerprint density at radius 1 is 1.03 bits per heavy atom. The lowest BCUT2D eigenvalue weighted by molar-refractivity contribution is -0.146. The van der Waals surface area contributed by atoms with Gasteiger partial charge in [0.2, 0.25) is 0 Å². The van der Waals surface area contributed by atoms with Crippen LogP contribution in [0, 0.1) is 0 Å². The summed E-state index contributed by atoms with van der Waals surface area (Å²) in [7, 11) is 0. The SMILES string of the molecule is C[C@@H]1CN(C(=O)COC(=O)c2ccc(COc3ccc(Cl)cc3)cc2)C[C@@H](C)O1. The number of benzene rings is 2. The number of hydrogen-bond acceptors (Lipinski definition) is 5. The van der Waals surface area contributed by atoms with E-state index in [0.29, 0.717) is 36.0 Å². The van der Waals surface area contributed by atoms with Gasteiger partial charge in [-0.15, -0.1) is 0 Å². The van der Waals surface area contributed by atoms with Gasteiger partial charge in [0.25, 0.3) is 5.91 Å². The lowest BCUT2D eigenvalue weighted by Gasteiger charge is -2.35. The van der Waals surface area contributed by atoms with Gasteiger partial charge in [0.15, 0.2) is 6.61 Å². The molecule has 6 nitrogen and oxygen atoms in total. The molecule has 154 valence electrons. The molecule has 0 unspecified atom stereocenters. The largest absolute Gasteiger partial charge is 0.489 e. The lowest BCUT2D eigenvalue weighted by Crippen LogP contribution is -2.49. The Hall–Kier alpha value is -2.57. The first-order valence-corrected chi connectivity index (χ1v) is 9.86. The van der Waals surface area contributed by atoms with Gasteiger partial charge in [0, 0.05) is 18.1 Å². The molecule has 1 aliphatic rings. The minimum atomic E-state index is -0.530. The minimum Gasteiger partial charge on any atom is -0.489 e. The molecule has 29 heavy (non-hydrogen) atoms. The van der Waals surface area contributed by atoms with Crippen molar-refractivity contribution in [3.63, 3.8) is 0 Å². The van der Waals surface area contributed by atoms with Crippen molar-refractivity contribution in [3.8, 4) is 5.75 Å². The number of morpholine rings is 1. The number of carbonyl (C=O) groups excluding carboxylic acids is 2. The smallest absolute Gasteiger partial charge is 0.338 e. The Bertz CT molecular complexity index is 827. The van der Waals surface area contributed by atoms with Gasteiger partial charge in [-0.25, -0.2) is 4.79 Å². The molecule has 2 atom stereocenters. The maximum absolute atomic E-state index is 12.3. The van der Waals surface area contributed by atoms with Gasteiger partial charge in [-0.2, -0.15) is 0 Å². The molecule has 1 aliphatic heterocycles. The summed E-state index contributed by atoms with van der Waals surface area (Å²) in [5.41, 5.74) is 1.29. The van der Waals surface area contributed by atoms with Crippen LogP contribution in [0.1, 0.15) is 29.8 Å². The number of carbonyl (C=O) groups is 2. The summed E-state index contributed by atoms with van der Waals surface area (Å²) in [6.07, 6.45) is -0.0536. The van der Waals surface area contributed by atoms with E-state index >= 15 is 0 Å². The third-order valence-electron chi connectivity index (χ3n) is 4.51. The number of rotatable bonds is 6. The van der Waals surface area contributed by atoms with Crippen molar-refractivity contribution in [1.29, 1.82) is 0 Å². The quantitative estimate of drug-likeness (QED) is 0.670. The second kappa shape index (κ2) is 9.76.